The minimum Gasteiger partial charge on any atom is -0.436 e. The van der Waals surface area contributed by atoms with E-state index in [1.54, 1.807) is 0 Å². The van der Waals surface area contributed by atoms with Crippen molar-refractivity contribution >= 4 is 91.2 Å². The van der Waals surface area contributed by atoms with Gasteiger partial charge in [0.2, 0.25) is 5.89 Å². The predicted octanol–water partition coefficient (Wildman–Crippen LogP) is 15.0. The largest absolute Gasteiger partial charge is 0.436 e. The smallest absolute Gasteiger partial charge is 0.227 e. The van der Waals surface area contributed by atoms with Crippen molar-refractivity contribution in [3.05, 3.63) is 182 Å². The number of benzene rings is 8. The summed E-state index contributed by atoms with van der Waals surface area (Å²) in [5.74, 6) is 0.637. The highest BCUT2D eigenvalue weighted by atomic mass is 32.1. The van der Waals surface area contributed by atoms with E-state index in [9.17, 15) is 0 Å². The molecule has 0 spiro atoms. The molecule has 11 rings (SSSR count). The molecule has 0 N–H and O–H groups in total. The van der Waals surface area contributed by atoms with Gasteiger partial charge in [0.15, 0.2) is 5.58 Å². The second-order valence-corrected chi connectivity index (χ2v) is 15.6. The monoisotopic (exact) mass is 726 g/mol. The molecule has 0 atom stereocenters. The molecule has 3 heterocycles. The summed E-state index contributed by atoms with van der Waals surface area (Å²) in [6, 6.07) is 64.9. The molecule has 0 aliphatic rings. The van der Waals surface area contributed by atoms with Gasteiger partial charge >= 0.3 is 0 Å². The van der Waals surface area contributed by atoms with Crippen LogP contribution in [0, 0.1) is 0 Å². The predicted molar refractivity (Wildman–Crippen MR) is 231 cm³/mol. The van der Waals surface area contributed by atoms with E-state index in [0.717, 1.165) is 50.2 Å². The summed E-state index contributed by atoms with van der Waals surface area (Å²) in [7, 11) is 0. The van der Waals surface area contributed by atoms with Crippen molar-refractivity contribution in [1.82, 2.24) is 4.98 Å². The van der Waals surface area contributed by atoms with Gasteiger partial charge in [-0.25, -0.2) is 4.98 Å². The zero-order valence-corrected chi connectivity index (χ0v) is 30.6. The third-order valence-electron chi connectivity index (χ3n) is 10.3. The second kappa shape index (κ2) is 12.6. The van der Waals surface area contributed by atoms with Crippen LogP contribution in [0.2, 0.25) is 0 Å². The normalized spacial score (nSPS) is 11.7. The zero-order valence-electron chi connectivity index (χ0n) is 28.9. The number of aromatic nitrogens is 1. The number of nitrogens with zero attached hydrogens (tertiary/aromatic N) is 2. The van der Waals surface area contributed by atoms with Gasteiger partial charge in [-0.05, 0) is 71.8 Å². The van der Waals surface area contributed by atoms with E-state index >= 15 is 0 Å². The van der Waals surface area contributed by atoms with Gasteiger partial charge in [0.25, 0.3) is 0 Å². The van der Waals surface area contributed by atoms with Crippen LogP contribution >= 0.6 is 22.7 Å². The number of oxazole rings is 1. The molecule has 8 aromatic carbocycles. The summed E-state index contributed by atoms with van der Waals surface area (Å²) in [5.41, 5.74) is 10.7. The van der Waals surface area contributed by atoms with Gasteiger partial charge in [-0.1, -0.05) is 121 Å². The fraction of sp³-hybridized carbons (Fsp3) is 0. The van der Waals surface area contributed by atoms with E-state index in [1.165, 1.54) is 46.1 Å². The Bertz CT molecular complexity index is 3160. The highest BCUT2D eigenvalue weighted by Crippen LogP contribution is 2.49. The van der Waals surface area contributed by atoms with E-state index in [4.69, 9.17) is 9.40 Å². The van der Waals surface area contributed by atoms with Crippen LogP contribution in [0.15, 0.2) is 186 Å². The maximum absolute atomic E-state index is 6.53. The van der Waals surface area contributed by atoms with Crippen LogP contribution in [0.3, 0.4) is 0 Å². The van der Waals surface area contributed by atoms with Crippen LogP contribution in [-0.4, -0.2) is 4.98 Å². The maximum Gasteiger partial charge on any atom is 0.227 e. The molecule has 0 bridgehead atoms. The van der Waals surface area contributed by atoms with Gasteiger partial charge in [0.1, 0.15) is 5.52 Å². The van der Waals surface area contributed by atoms with Crippen LogP contribution in [0.1, 0.15) is 0 Å². The van der Waals surface area contributed by atoms with Gasteiger partial charge in [-0.3, -0.25) is 0 Å². The molecule has 0 aliphatic heterocycles. The molecular weight excluding hydrogens is 697 g/mol. The van der Waals surface area contributed by atoms with Crippen LogP contribution in [0.4, 0.5) is 17.1 Å². The Morgan fingerprint density at radius 2 is 1.04 bits per heavy atom. The lowest BCUT2D eigenvalue weighted by Gasteiger charge is -2.29. The maximum atomic E-state index is 6.53. The topological polar surface area (TPSA) is 29.3 Å². The summed E-state index contributed by atoms with van der Waals surface area (Å²) >= 11 is 3.67. The third kappa shape index (κ3) is 4.97. The van der Waals surface area contributed by atoms with E-state index in [-0.39, 0.29) is 0 Å². The SMILES string of the molecule is c1ccc(-c2nc3c(cc(-c4ccc(N(c5ccccc5-c5ccccc5)c5cccc6sc7ccccc7c56)cc4)c4sc5ccccc5c43)o2)cc1. The van der Waals surface area contributed by atoms with Crippen molar-refractivity contribution in [3.8, 4) is 33.7 Å². The number of hydrogen-bond acceptors (Lipinski definition) is 5. The second-order valence-electron chi connectivity index (χ2n) is 13.5. The Morgan fingerprint density at radius 1 is 0.444 bits per heavy atom. The average Bonchev–Trinajstić information content (AvgIpc) is 3.96. The first-order valence-electron chi connectivity index (χ1n) is 18.0. The van der Waals surface area contributed by atoms with Gasteiger partial charge in [-0.2, -0.15) is 0 Å². The summed E-state index contributed by atoms with van der Waals surface area (Å²) in [5, 5.41) is 4.89. The molecule has 254 valence electrons. The first-order chi connectivity index (χ1) is 26.8. The number of anilines is 3. The molecular formula is C49H30N2OS2. The molecule has 0 saturated carbocycles. The Kier molecular flexibility index (Phi) is 7.22. The van der Waals surface area contributed by atoms with Crippen LogP contribution in [-0.2, 0) is 0 Å². The third-order valence-corrected chi connectivity index (χ3v) is 12.7. The highest BCUT2D eigenvalue weighted by molar-refractivity contribution is 7.26. The molecule has 0 amide bonds. The van der Waals surface area contributed by atoms with Crippen molar-refractivity contribution < 1.29 is 4.42 Å². The highest BCUT2D eigenvalue weighted by Gasteiger charge is 2.23. The quantitative estimate of drug-likeness (QED) is 0.171. The molecule has 3 nitrogen and oxygen atoms in total. The Morgan fingerprint density at radius 3 is 1.81 bits per heavy atom. The summed E-state index contributed by atoms with van der Waals surface area (Å²) < 4.78 is 11.5. The van der Waals surface area contributed by atoms with Crippen molar-refractivity contribution in [1.29, 1.82) is 0 Å². The van der Waals surface area contributed by atoms with Gasteiger partial charge in [-0.15, -0.1) is 22.7 Å². The number of rotatable bonds is 6. The molecule has 0 radical (unpaired) electrons. The standard InChI is InChI=1S/C49H30N2OS2/c1-3-14-31(15-4-1)35-18-7-10-21-39(35)51(40-22-13-25-44-45(40)36-19-8-11-23-42(36)53-44)34-28-26-32(27-29-34)38-30-41-47(50-49(52-41)33-16-5-2-6-17-33)46-37-20-9-12-24-43(37)54-48(38)46/h1-30H. The summed E-state index contributed by atoms with van der Waals surface area (Å²) in [6.45, 7) is 0. The molecule has 0 unspecified atom stereocenters. The number of thiophene rings is 2. The lowest BCUT2D eigenvalue weighted by Crippen LogP contribution is -2.11. The molecule has 0 fully saturated rings. The lowest BCUT2D eigenvalue weighted by molar-refractivity contribution is 0.620. The minimum atomic E-state index is 0.637. The molecule has 0 saturated heterocycles. The molecule has 3 aromatic heterocycles. The van der Waals surface area contributed by atoms with E-state index in [2.05, 4.69) is 157 Å². The fourth-order valence-corrected chi connectivity index (χ4v) is 10.2. The Balaban J connectivity index is 1.13. The number of fused-ring (bicyclic) bond motifs is 8. The van der Waals surface area contributed by atoms with Crippen molar-refractivity contribution in [2.24, 2.45) is 0 Å². The first kappa shape index (κ1) is 31.0. The van der Waals surface area contributed by atoms with Crippen LogP contribution < -0.4 is 4.90 Å². The first-order valence-corrected chi connectivity index (χ1v) is 19.7. The molecule has 54 heavy (non-hydrogen) atoms. The molecule has 5 heteroatoms. The Hall–Kier alpha value is -6.53. The number of para-hydroxylation sites is 1. The average molecular weight is 727 g/mol. The van der Waals surface area contributed by atoms with Crippen LogP contribution in [0.25, 0.3) is 85.2 Å². The van der Waals surface area contributed by atoms with E-state index in [1.807, 2.05) is 53.0 Å². The molecule has 0 aliphatic carbocycles. The summed E-state index contributed by atoms with van der Waals surface area (Å²) in [4.78, 5) is 7.52. The van der Waals surface area contributed by atoms with Crippen molar-refractivity contribution in [2.75, 3.05) is 4.90 Å². The summed E-state index contributed by atoms with van der Waals surface area (Å²) in [6.07, 6.45) is 0. The van der Waals surface area contributed by atoms with Crippen LogP contribution in [0.5, 0.6) is 0 Å². The minimum absolute atomic E-state index is 0.637. The molecule has 11 aromatic rings. The van der Waals surface area contributed by atoms with E-state index in [0.29, 0.717) is 5.89 Å². The zero-order chi connectivity index (χ0) is 35.6. The van der Waals surface area contributed by atoms with E-state index < -0.39 is 0 Å². The van der Waals surface area contributed by atoms with Gasteiger partial charge < -0.3 is 9.32 Å². The number of hydrogen-bond donors (Lipinski definition) is 0. The van der Waals surface area contributed by atoms with Gasteiger partial charge in [0, 0.05) is 62.7 Å². The van der Waals surface area contributed by atoms with Gasteiger partial charge in [0.05, 0.1) is 11.4 Å². The fourth-order valence-electron chi connectivity index (χ4n) is 7.87. The Labute approximate surface area is 319 Å². The van der Waals surface area contributed by atoms with Crippen molar-refractivity contribution in [2.45, 2.75) is 0 Å². The van der Waals surface area contributed by atoms with Crippen molar-refractivity contribution in [3.63, 3.8) is 0 Å². The lowest BCUT2D eigenvalue weighted by atomic mass is 9.99.